The highest BCUT2D eigenvalue weighted by Gasteiger charge is 2.10. The van der Waals surface area contributed by atoms with Gasteiger partial charge in [-0.1, -0.05) is 24.3 Å². The van der Waals surface area contributed by atoms with Crippen LogP contribution in [0.1, 0.15) is 5.56 Å². The molecule has 0 saturated carbocycles. The van der Waals surface area contributed by atoms with Gasteiger partial charge in [0.25, 0.3) is 0 Å². The molecule has 140 valence electrons. The van der Waals surface area contributed by atoms with Crippen LogP contribution in [-0.2, 0) is 21.2 Å². The van der Waals surface area contributed by atoms with Gasteiger partial charge in [-0.2, -0.15) is 0 Å². The van der Waals surface area contributed by atoms with E-state index in [0.717, 1.165) is 11.8 Å². The molecule has 1 heterocycles. The van der Waals surface area contributed by atoms with Crippen LogP contribution < -0.4 is 10.0 Å². The average molecular weight is 405 g/mol. The van der Waals surface area contributed by atoms with E-state index >= 15 is 0 Å². The monoisotopic (exact) mass is 405 g/mol. The van der Waals surface area contributed by atoms with E-state index in [-0.39, 0.29) is 18.1 Å². The number of thiazole rings is 1. The lowest BCUT2D eigenvalue weighted by atomic mass is 10.1. The average Bonchev–Trinajstić information content (AvgIpc) is 3.02. The molecule has 0 fully saturated rings. The summed E-state index contributed by atoms with van der Waals surface area (Å²) in [5.41, 5.74) is 2.49. The van der Waals surface area contributed by atoms with E-state index in [0.29, 0.717) is 22.1 Å². The van der Waals surface area contributed by atoms with Gasteiger partial charge in [0.1, 0.15) is 5.82 Å². The van der Waals surface area contributed by atoms with Crippen LogP contribution >= 0.6 is 11.3 Å². The maximum atomic E-state index is 13.2. The molecular weight excluding hydrogens is 389 g/mol. The number of amides is 1. The Balaban J connectivity index is 1.65. The van der Waals surface area contributed by atoms with E-state index in [4.69, 9.17) is 0 Å². The van der Waals surface area contributed by atoms with Crippen molar-refractivity contribution < 1.29 is 17.6 Å². The molecular formula is C18H16FN3O3S2. The van der Waals surface area contributed by atoms with Crippen LogP contribution in [0.15, 0.2) is 53.9 Å². The van der Waals surface area contributed by atoms with E-state index < -0.39 is 10.0 Å². The van der Waals surface area contributed by atoms with E-state index in [9.17, 15) is 17.6 Å². The lowest BCUT2D eigenvalue weighted by Crippen LogP contribution is -2.14. The van der Waals surface area contributed by atoms with Gasteiger partial charge in [0.05, 0.1) is 18.4 Å². The smallest absolute Gasteiger partial charge is 0.230 e. The number of hydrogen-bond donors (Lipinski definition) is 2. The van der Waals surface area contributed by atoms with Gasteiger partial charge < -0.3 is 5.32 Å². The van der Waals surface area contributed by atoms with Crippen molar-refractivity contribution in [3.05, 3.63) is 65.3 Å². The zero-order chi connectivity index (χ0) is 19.4. The minimum atomic E-state index is -3.33. The van der Waals surface area contributed by atoms with E-state index in [1.807, 2.05) is 0 Å². The number of carbonyl (C=O) groups is 1. The topological polar surface area (TPSA) is 88.2 Å². The highest BCUT2D eigenvalue weighted by atomic mass is 32.2. The molecule has 0 bridgehead atoms. The Morgan fingerprint density at radius 2 is 1.93 bits per heavy atom. The molecule has 0 aliphatic rings. The maximum Gasteiger partial charge on any atom is 0.230 e. The first-order chi connectivity index (χ1) is 12.8. The number of aromatic nitrogens is 1. The Labute approximate surface area is 160 Å². The molecule has 2 N–H and O–H groups in total. The number of nitrogens with one attached hydrogen (secondary N) is 2. The van der Waals surface area contributed by atoms with Crippen molar-refractivity contribution in [3.63, 3.8) is 0 Å². The number of nitrogens with zero attached hydrogens (tertiary/aromatic N) is 1. The third-order valence-electron chi connectivity index (χ3n) is 3.49. The number of benzene rings is 2. The Hall–Kier alpha value is -2.78. The molecule has 3 aromatic rings. The minimum Gasteiger partial charge on any atom is -0.302 e. The molecule has 2 aromatic carbocycles. The first-order valence-electron chi connectivity index (χ1n) is 7.86. The van der Waals surface area contributed by atoms with Crippen molar-refractivity contribution in [2.75, 3.05) is 16.3 Å². The molecule has 0 atom stereocenters. The SMILES string of the molecule is CS(=O)(=O)Nc1ccc(-c2csc(NC(=O)Cc3cccc(F)c3)n2)cc1. The lowest BCUT2D eigenvalue weighted by molar-refractivity contribution is -0.115. The van der Waals surface area contributed by atoms with Crippen molar-refractivity contribution in [3.8, 4) is 11.3 Å². The van der Waals surface area contributed by atoms with Gasteiger partial charge in [0.2, 0.25) is 15.9 Å². The Morgan fingerprint density at radius 1 is 1.19 bits per heavy atom. The van der Waals surface area contributed by atoms with Gasteiger partial charge in [-0.25, -0.2) is 17.8 Å². The second-order valence-corrected chi connectivity index (χ2v) is 8.45. The van der Waals surface area contributed by atoms with Crippen LogP contribution in [0.4, 0.5) is 15.2 Å². The summed E-state index contributed by atoms with van der Waals surface area (Å²) >= 11 is 1.27. The van der Waals surface area contributed by atoms with Crippen molar-refractivity contribution in [2.45, 2.75) is 6.42 Å². The lowest BCUT2D eigenvalue weighted by Gasteiger charge is -2.04. The number of anilines is 2. The molecule has 0 unspecified atom stereocenters. The molecule has 0 radical (unpaired) electrons. The molecule has 6 nitrogen and oxygen atoms in total. The Bertz CT molecular complexity index is 1060. The van der Waals surface area contributed by atoms with Gasteiger partial charge in [-0.3, -0.25) is 9.52 Å². The van der Waals surface area contributed by atoms with Crippen LogP contribution in [-0.4, -0.2) is 25.6 Å². The number of hydrogen-bond acceptors (Lipinski definition) is 5. The highest BCUT2D eigenvalue weighted by molar-refractivity contribution is 7.92. The summed E-state index contributed by atoms with van der Waals surface area (Å²) in [5, 5.41) is 4.92. The van der Waals surface area contributed by atoms with Crippen LogP contribution in [0.5, 0.6) is 0 Å². The third kappa shape index (κ3) is 5.60. The van der Waals surface area contributed by atoms with Crippen LogP contribution in [0.2, 0.25) is 0 Å². The summed E-state index contributed by atoms with van der Waals surface area (Å²) in [4.78, 5) is 16.4. The van der Waals surface area contributed by atoms with Crippen molar-refractivity contribution in [1.29, 1.82) is 0 Å². The standard InChI is InChI=1S/C18H16FN3O3S2/c1-27(24,25)22-15-7-5-13(6-8-15)16-11-26-18(20-16)21-17(23)10-12-3-2-4-14(19)9-12/h2-9,11,22H,10H2,1H3,(H,20,21,23). The van der Waals surface area contributed by atoms with Gasteiger partial charge in [0.15, 0.2) is 5.13 Å². The normalized spacial score (nSPS) is 11.2. The maximum absolute atomic E-state index is 13.2. The fourth-order valence-corrected chi connectivity index (χ4v) is 3.68. The van der Waals surface area contributed by atoms with Crippen LogP contribution in [0.25, 0.3) is 11.3 Å². The largest absolute Gasteiger partial charge is 0.302 e. The first kappa shape index (κ1) is 19.0. The fraction of sp³-hybridized carbons (Fsp3) is 0.111. The van der Waals surface area contributed by atoms with E-state index in [1.54, 1.807) is 41.8 Å². The van der Waals surface area contributed by atoms with Gasteiger partial charge in [-0.05, 0) is 29.8 Å². The summed E-state index contributed by atoms with van der Waals surface area (Å²) in [6.45, 7) is 0. The molecule has 0 aliphatic carbocycles. The van der Waals surface area contributed by atoms with Gasteiger partial charge >= 0.3 is 0 Å². The predicted octanol–water partition coefficient (Wildman–Crippen LogP) is 3.50. The second-order valence-electron chi connectivity index (χ2n) is 5.84. The number of halogens is 1. The van der Waals surface area contributed by atoms with E-state index in [1.165, 1.54) is 23.5 Å². The predicted molar refractivity (Wildman–Crippen MR) is 105 cm³/mol. The molecule has 0 spiro atoms. The summed E-state index contributed by atoms with van der Waals surface area (Å²) in [7, 11) is -3.33. The fourth-order valence-electron chi connectivity index (χ4n) is 2.38. The molecule has 0 saturated heterocycles. The summed E-state index contributed by atoms with van der Waals surface area (Å²) in [6, 6.07) is 12.6. The molecule has 3 rings (SSSR count). The third-order valence-corrected chi connectivity index (χ3v) is 4.85. The van der Waals surface area contributed by atoms with Crippen LogP contribution in [0, 0.1) is 5.82 Å². The van der Waals surface area contributed by atoms with Gasteiger partial charge in [-0.15, -0.1) is 11.3 Å². The second kappa shape index (κ2) is 7.85. The zero-order valence-corrected chi connectivity index (χ0v) is 15.9. The summed E-state index contributed by atoms with van der Waals surface area (Å²) in [5.74, 6) is -0.667. The van der Waals surface area contributed by atoms with Gasteiger partial charge in [0, 0.05) is 16.6 Å². The summed E-state index contributed by atoms with van der Waals surface area (Å²) in [6.07, 6.45) is 1.14. The molecule has 1 aromatic heterocycles. The molecule has 9 heteroatoms. The van der Waals surface area contributed by atoms with Crippen molar-refractivity contribution in [2.24, 2.45) is 0 Å². The zero-order valence-electron chi connectivity index (χ0n) is 14.3. The van der Waals surface area contributed by atoms with E-state index in [2.05, 4.69) is 15.0 Å². The summed E-state index contributed by atoms with van der Waals surface area (Å²) < 4.78 is 38.0. The number of rotatable bonds is 6. The Kier molecular flexibility index (Phi) is 5.52. The Morgan fingerprint density at radius 3 is 2.59 bits per heavy atom. The number of carbonyl (C=O) groups excluding carboxylic acids is 1. The first-order valence-corrected chi connectivity index (χ1v) is 10.6. The molecule has 27 heavy (non-hydrogen) atoms. The molecule has 0 aliphatic heterocycles. The molecule has 1 amide bonds. The quantitative estimate of drug-likeness (QED) is 0.657. The minimum absolute atomic E-state index is 0.0541. The number of sulfonamides is 1. The van der Waals surface area contributed by atoms with Crippen molar-refractivity contribution in [1.82, 2.24) is 4.98 Å². The highest BCUT2D eigenvalue weighted by Crippen LogP contribution is 2.26. The van der Waals surface area contributed by atoms with Crippen LogP contribution in [0.3, 0.4) is 0 Å². The van der Waals surface area contributed by atoms with Crippen molar-refractivity contribution >= 4 is 38.1 Å².